The van der Waals surface area contributed by atoms with Gasteiger partial charge in [0.2, 0.25) is 130 Å². The maximum absolute atomic E-state index is 14.7. The highest BCUT2D eigenvalue weighted by Crippen LogP contribution is 2.21. The van der Waals surface area contributed by atoms with Crippen molar-refractivity contribution in [2.24, 2.45) is 51.8 Å². The molecule has 1 aromatic carbocycles. The van der Waals surface area contributed by atoms with Gasteiger partial charge in [-0.25, -0.2) is 4.79 Å². The molecule has 20 atom stereocenters. The number of hydrogen-bond donors (Lipinski definition) is 36. The molecule has 0 aliphatic carbocycles. The molecule has 0 bridgehead atoms. The van der Waals surface area contributed by atoms with E-state index in [2.05, 4.69) is 74.4 Å². The fourth-order valence-electron chi connectivity index (χ4n) is 14.5. The van der Waals surface area contributed by atoms with Gasteiger partial charge in [0.1, 0.15) is 121 Å². The zero-order valence-corrected chi connectivity index (χ0v) is 84.4. The van der Waals surface area contributed by atoms with Crippen molar-refractivity contribution in [3.8, 4) is 0 Å². The minimum Gasteiger partial charge on any atom is -0.480 e. The molecule has 838 valence electrons. The molecule has 22 amide bonds. The number of carbonyl (C=O) groups excluding carboxylic acids is 22. The number of carbonyl (C=O) groups is 23. The van der Waals surface area contributed by atoms with Gasteiger partial charge in [-0.05, 0) is 153 Å². The average molecular weight is 2140 g/mol. The maximum atomic E-state index is 14.7. The lowest BCUT2D eigenvalue weighted by Crippen LogP contribution is -2.62. The Kier molecular flexibility index (Phi) is 61.8. The first-order valence-corrected chi connectivity index (χ1v) is 49.4. The fraction of sp³-hybridized carbons (Fsp3) is 0.659. The second-order valence-electron chi connectivity index (χ2n) is 35.3. The number of thioether (sulfide) groups is 1. The summed E-state index contributed by atoms with van der Waals surface area (Å²) >= 11 is 1.25. The van der Waals surface area contributed by atoms with Crippen LogP contribution in [0, 0.1) is 11.3 Å². The maximum Gasteiger partial charge on any atom is 0.326 e. The number of carboxylic acid groups (broad SMARTS) is 1. The minimum atomic E-state index is -2.18. The normalized spacial score (nSPS) is 16.0. The Morgan fingerprint density at radius 1 is 0.362 bits per heavy atom. The van der Waals surface area contributed by atoms with Gasteiger partial charge in [0.15, 0.2) is 5.96 Å². The van der Waals surface area contributed by atoms with Crippen molar-refractivity contribution in [3.63, 3.8) is 0 Å². The molecule has 61 heteroatoms. The molecule has 0 aromatic heterocycles. The molecule has 1 fully saturated rings. The summed E-state index contributed by atoms with van der Waals surface area (Å²) in [6.45, 7) is -1.63. The molecule has 0 radical (unpaired) electrons. The molecular formula is C88H149N29O31S. The van der Waals surface area contributed by atoms with Crippen molar-refractivity contribution in [3.05, 3.63) is 35.9 Å². The number of benzene rings is 1. The number of nitrogens with one attached hydrogen (secondary N) is 20. The SMILES string of the molecule is CSCC[C@H](NC(=O)[C@H](CCCCN)NC(=O)[C@H](CCCCN)NC(=O)[C@H](CC(N)=O)NC(=O)[C@H](CC(N)=O)NC(=O)[C@H](CC(N)=O)NC(=O)[C@H](CO)NC(=O)[C@H](CO)NC(=O)[C@H](CO)NC(=O)[C@@H](N)CO)C(=O)N[C@@H](CCCCN)C(=O)N[C@@H](C)C(=O)N1CCC[C@H]1C(=O)N[C@@H](CC(C)C)C(=O)N[C@@H](CO)C(=O)N[C@@H](Cc1ccccc1)C(=O)N[C@@H](C)C(=O)N[C@@H](CO)C(=O)N[C@@H](CO)C(=O)N[C@@H](CCCNC(=N)N)C(=O)O. The Labute approximate surface area is 861 Å². The van der Waals surface area contributed by atoms with Gasteiger partial charge in [-0.2, -0.15) is 11.8 Å². The fourth-order valence-corrected chi connectivity index (χ4v) is 15.0. The highest BCUT2D eigenvalue weighted by atomic mass is 32.2. The van der Waals surface area contributed by atoms with E-state index in [0.29, 0.717) is 12.0 Å². The van der Waals surface area contributed by atoms with E-state index in [1.54, 1.807) is 50.4 Å². The Hall–Kier alpha value is -13.8. The van der Waals surface area contributed by atoms with Gasteiger partial charge in [0, 0.05) is 19.5 Å². The first-order valence-electron chi connectivity index (χ1n) is 48.1. The van der Waals surface area contributed by atoms with Gasteiger partial charge in [-0.15, -0.1) is 0 Å². The van der Waals surface area contributed by atoms with Crippen LogP contribution in [-0.4, -0.2) is 399 Å². The Balaban J connectivity index is 2.43. The van der Waals surface area contributed by atoms with Gasteiger partial charge >= 0.3 is 5.97 Å². The predicted molar refractivity (Wildman–Crippen MR) is 528 cm³/mol. The third-order valence-electron chi connectivity index (χ3n) is 22.7. The van der Waals surface area contributed by atoms with Crippen LogP contribution in [0.5, 0.6) is 0 Å². The number of guanidine groups is 1. The molecule has 0 saturated carbocycles. The molecule has 1 aliphatic rings. The van der Waals surface area contributed by atoms with E-state index in [-0.39, 0.29) is 147 Å². The largest absolute Gasteiger partial charge is 0.480 e. The molecular weight excluding hydrogens is 1990 g/mol. The van der Waals surface area contributed by atoms with Gasteiger partial charge in [0.05, 0.1) is 65.5 Å². The van der Waals surface area contributed by atoms with Crippen molar-refractivity contribution < 1.29 is 151 Å². The summed E-state index contributed by atoms with van der Waals surface area (Å²) in [6, 6.07) is -26.3. The van der Waals surface area contributed by atoms with Crippen LogP contribution in [0.1, 0.15) is 149 Å². The predicted octanol–water partition coefficient (Wildman–Crippen LogP) is -17.6. The monoisotopic (exact) mass is 2140 g/mol. The Morgan fingerprint density at radius 2 is 0.664 bits per heavy atom. The summed E-state index contributed by atoms with van der Waals surface area (Å²) in [4.78, 5) is 315. The van der Waals surface area contributed by atoms with E-state index in [4.69, 9.17) is 56.4 Å². The number of carboxylic acids is 1. The van der Waals surface area contributed by atoms with Gasteiger partial charge in [0.25, 0.3) is 0 Å². The quantitative estimate of drug-likeness (QED) is 0.0164. The van der Waals surface area contributed by atoms with E-state index in [9.17, 15) is 146 Å². The van der Waals surface area contributed by atoms with Crippen LogP contribution in [0.15, 0.2) is 30.3 Å². The van der Waals surface area contributed by atoms with Crippen LogP contribution in [0.25, 0.3) is 0 Å². The highest BCUT2D eigenvalue weighted by Gasteiger charge is 2.43. The number of primary amides is 3. The average Bonchev–Trinajstić information content (AvgIpc) is 1.69. The smallest absolute Gasteiger partial charge is 0.326 e. The Bertz CT molecular complexity index is 4650. The molecule has 0 unspecified atom stereocenters. The molecule has 1 aliphatic heterocycles. The second-order valence-corrected chi connectivity index (χ2v) is 36.3. The van der Waals surface area contributed by atoms with Crippen molar-refractivity contribution in [1.29, 1.82) is 5.41 Å². The zero-order valence-electron chi connectivity index (χ0n) is 83.6. The van der Waals surface area contributed by atoms with Crippen LogP contribution in [0.3, 0.4) is 0 Å². The zero-order chi connectivity index (χ0) is 112. The third-order valence-corrected chi connectivity index (χ3v) is 23.3. The number of likely N-dealkylation sites (tertiary alicyclic amines) is 1. The molecule has 44 N–H and O–H groups in total. The van der Waals surface area contributed by atoms with E-state index < -0.39 is 322 Å². The van der Waals surface area contributed by atoms with E-state index in [1.807, 2.05) is 26.6 Å². The van der Waals surface area contributed by atoms with Crippen LogP contribution in [0.4, 0.5) is 0 Å². The van der Waals surface area contributed by atoms with Crippen LogP contribution in [0.2, 0.25) is 0 Å². The minimum absolute atomic E-state index is 0.0358. The molecule has 149 heavy (non-hydrogen) atoms. The Morgan fingerprint density at radius 3 is 1.01 bits per heavy atom. The lowest BCUT2D eigenvalue weighted by Gasteiger charge is -2.30. The second kappa shape index (κ2) is 70.2. The topological polar surface area (TPSA) is 1020 Å². The molecule has 1 heterocycles. The standard InChI is InChI=1S/C88H149N29O31S/c1-43(2)31-53(75(135)113-61(40-122)80(140)106-54(32-46-17-7-6-8-18-46)74(134)99-44(3)68(128)111-58(37-119)82(142)114-60(39-121)79(139)105-52(87(147)148)22-15-28-98-88(96)97)110-85(145)64-23-16-29-117(64)86(146)45(4)100-70(130)48(19-9-12-25-89)101-73(133)51(24-30-149-5)104-72(132)49(20-10-13-26-90)102-71(131)50(21-11-14-27-91)103-76(136)55(33-65(93)125)107-77(137)56(34-66(94)126)108-78(138)57(35-67(95)127)109-81(141)62(41-123)115-84(144)63(42-124)116-83(143)59(38-120)112-69(129)47(92)36-118/h6-8,17-18,43-45,47-64,118-124H,9-16,19-42,89-92H2,1-5H3,(H2,93,125)(H2,94,126)(H2,95,127)(H,99,134)(H,100,130)(H,101,133)(H,102,131)(H,103,136)(H,104,132)(H,105,139)(H,106,140)(H,107,137)(H,108,138)(H,109,141)(H,110,145)(H,111,128)(H,112,129)(H,113,135)(H,114,142)(H,115,144)(H,116,143)(H,147,148)(H4,96,97,98)/t44-,45-,47-,48-,49-,50-,51-,52-,53-,54-,55-,56-,57-,58-,59-,60-,61-,62-,63-,64-/m0/s1. The molecule has 2 rings (SSSR count). The van der Waals surface area contributed by atoms with E-state index in [0.717, 1.165) is 11.8 Å². The number of hydrogen-bond acceptors (Lipinski definition) is 36. The molecule has 1 saturated heterocycles. The van der Waals surface area contributed by atoms with Crippen molar-refractivity contribution in [2.75, 3.05) is 91.0 Å². The molecule has 1 aromatic rings. The summed E-state index contributed by atoms with van der Waals surface area (Å²) in [7, 11) is 0. The third kappa shape index (κ3) is 48.4. The number of nitrogens with zero attached hydrogens (tertiary/aromatic N) is 1. The molecule has 60 nitrogen and oxygen atoms in total. The summed E-state index contributed by atoms with van der Waals surface area (Å²) in [5, 5.41) is 130. The lowest BCUT2D eigenvalue weighted by atomic mass is 10.0. The van der Waals surface area contributed by atoms with Crippen molar-refractivity contribution >= 4 is 154 Å². The van der Waals surface area contributed by atoms with Crippen molar-refractivity contribution in [2.45, 2.75) is 271 Å². The number of nitrogens with two attached hydrogens (primary N) is 8. The van der Waals surface area contributed by atoms with E-state index in [1.165, 1.54) is 18.7 Å². The number of unbranched alkanes of at least 4 members (excludes halogenated alkanes) is 3. The van der Waals surface area contributed by atoms with Crippen LogP contribution < -0.4 is 147 Å². The lowest BCUT2D eigenvalue weighted by molar-refractivity contribution is -0.143. The summed E-state index contributed by atoms with van der Waals surface area (Å²) in [5.41, 5.74) is 44.9. The number of amides is 22. The number of aliphatic hydroxyl groups excluding tert-OH is 7. The van der Waals surface area contributed by atoms with Gasteiger partial charge in [-0.1, -0.05) is 44.2 Å². The number of rotatable bonds is 74. The van der Waals surface area contributed by atoms with Gasteiger partial charge < -0.3 is 193 Å². The summed E-state index contributed by atoms with van der Waals surface area (Å²) in [6.07, 6.45) is -1.18. The highest BCUT2D eigenvalue weighted by molar-refractivity contribution is 7.98. The number of aliphatic carboxylic acids is 1. The summed E-state index contributed by atoms with van der Waals surface area (Å²) < 4.78 is 0. The van der Waals surface area contributed by atoms with Gasteiger partial charge in [-0.3, -0.25) is 111 Å². The number of aliphatic hydroxyl groups is 7. The van der Waals surface area contributed by atoms with Crippen molar-refractivity contribution in [1.82, 2.24) is 106 Å². The van der Waals surface area contributed by atoms with Crippen LogP contribution in [-0.2, 0) is 117 Å². The first kappa shape index (κ1) is 131. The first-order chi connectivity index (χ1) is 70.5. The van der Waals surface area contributed by atoms with Crippen LogP contribution >= 0.6 is 11.8 Å². The summed E-state index contributed by atoms with van der Waals surface area (Å²) in [5.74, 6) is -27.8. The van der Waals surface area contributed by atoms with E-state index >= 15 is 0 Å². The molecule has 0 spiro atoms.